The molecule has 19 heavy (non-hydrogen) atoms. The molecule has 4 nitrogen and oxygen atoms in total. The standard InChI is InChI=1S/C14H21BrN4/c1-19-6-2-3-10(9-19)8-16-13-7-12(15)17-14(18-13)11-4-5-11/h7,10-11H,2-6,8-9H2,1H3,(H,16,17,18). The van der Waals surface area contributed by atoms with Gasteiger partial charge in [-0.1, -0.05) is 0 Å². The lowest BCUT2D eigenvalue weighted by Crippen LogP contribution is -2.35. The average molecular weight is 325 g/mol. The lowest BCUT2D eigenvalue weighted by atomic mass is 9.98. The summed E-state index contributed by atoms with van der Waals surface area (Å²) in [6, 6.07) is 1.98. The predicted octanol–water partition coefficient (Wildman–Crippen LogP) is 2.87. The smallest absolute Gasteiger partial charge is 0.135 e. The van der Waals surface area contributed by atoms with Crippen LogP contribution in [0, 0.1) is 5.92 Å². The van der Waals surface area contributed by atoms with Gasteiger partial charge in [0.15, 0.2) is 0 Å². The maximum absolute atomic E-state index is 4.63. The van der Waals surface area contributed by atoms with Crippen LogP contribution in [0.3, 0.4) is 0 Å². The van der Waals surface area contributed by atoms with Crippen LogP contribution < -0.4 is 5.32 Å². The molecule has 1 aromatic rings. The zero-order chi connectivity index (χ0) is 13.2. The lowest BCUT2D eigenvalue weighted by Gasteiger charge is -2.29. The van der Waals surface area contributed by atoms with E-state index in [1.54, 1.807) is 0 Å². The molecule has 0 spiro atoms. The minimum Gasteiger partial charge on any atom is -0.370 e. The largest absolute Gasteiger partial charge is 0.370 e. The monoisotopic (exact) mass is 324 g/mol. The molecule has 1 saturated heterocycles. The first-order chi connectivity index (χ1) is 9.20. The van der Waals surface area contributed by atoms with Crippen LogP contribution in [-0.2, 0) is 0 Å². The van der Waals surface area contributed by atoms with Crippen LogP contribution >= 0.6 is 15.9 Å². The molecule has 5 heteroatoms. The molecule has 2 aliphatic rings. The van der Waals surface area contributed by atoms with E-state index in [0.29, 0.717) is 5.92 Å². The Hall–Kier alpha value is -0.680. The molecule has 0 aromatic carbocycles. The highest BCUT2D eigenvalue weighted by molar-refractivity contribution is 9.10. The van der Waals surface area contributed by atoms with Crippen molar-refractivity contribution in [3.8, 4) is 0 Å². The van der Waals surface area contributed by atoms with Gasteiger partial charge in [0.25, 0.3) is 0 Å². The van der Waals surface area contributed by atoms with Crippen molar-refractivity contribution < 1.29 is 0 Å². The van der Waals surface area contributed by atoms with E-state index in [1.807, 2.05) is 6.07 Å². The van der Waals surface area contributed by atoms with Crippen molar-refractivity contribution in [2.24, 2.45) is 5.92 Å². The molecule has 1 N–H and O–H groups in total. The third-order valence-corrected chi connectivity index (χ3v) is 4.35. The van der Waals surface area contributed by atoms with Crippen molar-refractivity contribution in [1.82, 2.24) is 14.9 Å². The van der Waals surface area contributed by atoms with E-state index in [2.05, 4.69) is 43.2 Å². The van der Waals surface area contributed by atoms with Gasteiger partial charge < -0.3 is 10.2 Å². The van der Waals surface area contributed by atoms with Crippen molar-refractivity contribution in [2.75, 3.05) is 32.0 Å². The summed E-state index contributed by atoms with van der Waals surface area (Å²) in [7, 11) is 2.21. The van der Waals surface area contributed by atoms with E-state index in [1.165, 1.54) is 38.8 Å². The van der Waals surface area contributed by atoms with E-state index in [-0.39, 0.29) is 0 Å². The highest BCUT2D eigenvalue weighted by Crippen LogP contribution is 2.38. The first-order valence-electron chi connectivity index (χ1n) is 7.17. The van der Waals surface area contributed by atoms with Crippen molar-refractivity contribution >= 4 is 21.7 Å². The third kappa shape index (κ3) is 3.66. The van der Waals surface area contributed by atoms with Crippen LogP contribution in [-0.4, -0.2) is 41.5 Å². The van der Waals surface area contributed by atoms with E-state index < -0.39 is 0 Å². The number of piperidine rings is 1. The SMILES string of the molecule is CN1CCCC(CNc2cc(Br)nc(C3CC3)n2)C1. The van der Waals surface area contributed by atoms with Crippen molar-refractivity contribution in [3.05, 3.63) is 16.5 Å². The van der Waals surface area contributed by atoms with Crippen molar-refractivity contribution in [3.63, 3.8) is 0 Å². The Morgan fingerprint density at radius 1 is 1.37 bits per heavy atom. The van der Waals surface area contributed by atoms with Crippen LogP contribution in [0.5, 0.6) is 0 Å². The van der Waals surface area contributed by atoms with Gasteiger partial charge in [-0.25, -0.2) is 9.97 Å². The Morgan fingerprint density at radius 2 is 2.21 bits per heavy atom. The second-order valence-electron chi connectivity index (χ2n) is 5.86. The molecule has 0 radical (unpaired) electrons. The molecule has 2 fully saturated rings. The predicted molar refractivity (Wildman–Crippen MR) is 80.4 cm³/mol. The maximum Gasteiger partial charge on any atom is 0.135 e. The minimum absolute atomic E-state index is 0.596. The summed E-state index contributed by atoms with van der Waals surface area (Å²) in [5.74, 6) is 3.30. The summed E-state index contributed by atoms with van der Waals surface area (Å²) in [6.07, 6.45) is 5.11. The lowest BCUT2D eigenvalue weighted by molar-refractivity contribution is 0.217. The average Bonchev–Trinajstić information content (AvgIpc) is 3.20. The van der Waals surface area contributed by atoms with Crippen LogP contribution in [0.1, 0.15) is 37.4 Å². The summed E-state index contributed by atoms with van der Waals surface area (Å²) in [6.45, 7) is 3.44. The Balaban J connectivity index is 1.59. The summed E-state index contributed by atoms with van der Waals surface area (Å²) in [5.41, 5.74) is 0. The molecular formula is C14H21BrN4. The van der Waals surface area contributed by atoms with Crippen LogP contribution in [0.25, 0.3) is 0 Å². The number of halogens is 1. The normalized spacial score (nSPS) is 24.4. The van der Waals surface area contributed by atoms with Crippen LogP contribution in [0.4, 0.5) is 5.82 Å². The van der Waals surface area contributed by atoms with Gasteiger partial charge >= 0.3 is 0 Å². The molecule has 0 bridgehead atoms. The van der Waals surface area contributed by atoms with Gasteiger partial charge in [0.1, 0.15) is 16.2 Å². The summed E-state index contributed by atoms with van der Waals surface area (Å²) < 4.78 is 0.896. The number of anilines is 1. The quantitative estimate of drug-likeness (QED) is 0.865. The number of aromatic nitrogens is 2. The van der Waals surface area contributed by atoms with E-state index in [4.69, 9.17) is 0 Å². The molecule has 1 saturated carbocycles. The molecule has 1 atom stereocenters. The molecule has 3 rings (SSSR count). The van der Waals surface area contributed by atoms with Gasteiger partial charge in [0, 0.05) is 25.1 Å². The number of hydrogen-bond donors (Lipinski definition) is 1. The van der Waals surface area contributed by atoms with Crippen molar-refractivity contribution in [1.29, 1.82) is 0 Å². The zero-order valence-corrected chi connectivity index (χ0v) is 13.0. The highest BCUT2D eigenvalue weighted by atomic mass is 79.9. The molecule has 1 aromatic heterocycles. The van der Waals surface area contributed by atoms with Gasteiger partial charge in [0.05, 0.1) is 0 Å². The van der Waals surface area contributed by atoms with Gasteiger partial charge in [-0.3, -0.25) is 0 Å². The Morgan fingerprint density at radius 3 is 2.95 bits per heavy atom. The topological polar surface area (TPSA) is 41.0 Å². The summed E-state index contributed by atoms with van der Waals surface area (Å²) in [4.78, 5) is 11.5. The Kier molecular flexibility index (Phi) is 4.03. The Labute approximate surface area is 123 Å². The number of rotatable bonds is 4. The van der Waals surface area contributed by atoms with E-state index in [0.717, 1.165) is 28.7 Å². The fourth-order valence-corrected chi connectivity index (χ4v) is 3.14. The second-order valence-corrected chi connectivity index (χ2v) is 6.67. The zero-order valence-electron chi connectivity index (χ0n) is 11.4. The Bertz CT molecular complexity index is 447. The minimum atomic E-state index is 0.596. The third-order valence-electron chi connectivity index (χ3n) is 3.95. The molecule has 1 aliphatic carbocycles. The number of nitrogens with one attached hydrogen (secondary N) is 1. The highest BCUT2D eigenvalue weighted by Gasteiger charge is 2.27. The molecule has 1 unspecified atom stereocenters. The van der Waals surface area contributed by atoms with Gasteiger partial charge in [-0.15, -0.1) is 0 Å². The molecule has 1 aliphatic heterocycles. The van der Waals surface area contributed by atoms with Crippen molar-refractivity contribution in [2.45, 2.75) is 31.6 Å². The number of hydrogen-bond acceptors (Lipinski definition) is 4. The maximum atomic E-state index is 4.63. The molecule has 0 amide bonds. The summed E-state index contributed by atoms with van der Waals surface area (Å²) in [5, 5.41) is 3.49. The van der Waals surface area contributed by atoms with Gasteiger partial charge in [-0.05, 0) is 61.1 Å². The first kappa shape index (κ1) is 13.3. The first-order valence-corrected chi connectivity index (χ1v) is 7.97. The van der Waals surface area contributed by atoms with E-state index >= 15 is 0 Å². The number of nitrogens with zero attached hydrogens (tertiary/aromatic N) is 3. The van der Waals surface area contributed by atoms with Crippen LogP contribution in [0.2, 0.25) is 0 Å². The number of likely N-dealkylation sites (tertiary alicyclic amines) is 1. The fraction of sp³-hybridized carbons (Fsp3) is 0.714. The van der Waals surface area contributed by atoms with Crippen LogP contribution in [0.15, 0.2) is 10.7 Å². The second kappa shape index (κ2) is 5.75. The molecular weight excluding hydrogens is 304 g/mol. The molecule has 2 heterocycles. The summed E-state index contributed by atoms with van der Waals surface area (Å²) >= 11 is 3.49. The van der Waals surface area contributed by atoms with E-state index in [9.17, 15) is 0 Å². The fourth-order valence-electron chi connectivity index (χ4n) is 2.74. The van der Waals surface area contributed by atoms with Gasteiger partial charge in [0.2, 0.25) is 0 Å². The van der Waals surface area contributed by atoms with Gasteiger partial charge in [-0.2, -0.15) is 0 Å². The molecule has 104 valence electrons.